The predicted octanol–water partition coefficient (Wildman–Crippen LogP) is 2.18. The fraction of sp³-hybridized carbons (Fsp3) is 0.667. The van der Waals surface area contributed by atoms with Gasteiger partial charge in [-0.15, -0.1) is 22.9 Å². The van der Waals surface area contributed by atoms with Gasteiger partial charge in [-0.05, 0) is 13.0 Å². The summed E-state index contributed by atoms with van der Waals surface area (Å²) in [4.78, 5) is 19.9. The molecule has 0 aliphatic heterocycles. The minimum Gasteiger partial charge on any atom is -0.348 e. The molecule has 0 spiro atoms. The quantitative estimate of drug-likeness (QED) is 0.722. The van der Waals surface area contributed by atoms with Crippen LogP contribution in [-0.4, -0.2) is 47.9 Å². The van der Waals surface area contributed by atoms with Crippen molar-refractivity contribution in [3.8, 4) is 0 Å². The summed E-state index contributed by atoms with van der Waals surface area (Å²) in [5.41, 5.74) is 0.909. The van der Waals surface area contributed by atoms with Crippen LogP contribution < -0.4 is 0 Å². The van der Waals surface area contributed by atoms with E-state index in [0.717, 1.165) is 30.2 Å². The van der Waals surface area contributed by atoms with E-state index in [1.807, 2.05) is 5.38 Å². The summed E-state index contributed by atoms with van der Waals surface area (Å²) in [5, 5.41) is 2.99. The molecule has 1 aromatic heterocycles. The van der Waals surface area contributed by atoms with E-state index in [-0.39, 0.29) is 5.91 Å². The molecule has 0 saturated heterocycles. The lowest BCUT2D eigenvalue weighted by Gasteiger charge is -2.21. The summed E-state index contributed by atoms with van der Waals surface area (Å²) in [6.07, 6.45) is 1.02. The maximum atomic E-state index is 11.7. The van der Waals surface area contributed by atoms with Crippen LogP contribution in [0.25, 0.3) is 0 Å². The average molecular weight is 290 g/mol. The highest BCUT2D eigenvalue weighted by Crippen LogP contribution is 2.14. The third kappa shape index (κ3) is 4.92. The third-order valence-electron chi connectivity index (χ3n) is 2.49. The predicted molar refractivity (Wildman–Crippen MR) is 75.9 cm³/mol. The highest BCUT2D eigenvalue weighted by atomic mass is 35.5. The molecule has 0 atom stereocenters. The first-order valence-corrected chi connectivity index (χ1v) is 7.40. The summed E-state index contributed by atoms with van der Waals surface area (Å²) in [5.74, 6) is 0.568. The zero-order chi connectivity index (χ0) is 13.5. The van der Waals surface area contributed by atoms with Crippen LogP contribution in [0.3, 0.4) is 0 Å². The van der Waals surface area contributed by atoms with Gasteiger partial charge in [0.2, 0.25) is 5.91 Å². The minimum absolute atomic E-state index is 0.123. The van der Waals surface area contributed by atoms with Gasteiger partial charge in [0.25, 0.3) is 0 Å². The molecule has 0 aliphatic rings. The minimum atomic E-state index is 0.123. The van der Waals surface area contributed by atoms with E-state index in [9.17, 15) is 4.79 Å². The number of carbonyl (C=O) groups is 1. The van der Waals surface area contributed by atoms with Crippen molar-refractivity contribution in [1.29, 1.82) is 0 Å². The number of aromatic nitrogens is 1. The number of alkyl halides is 1. The Hall–Kier alpha value is -0.650. The van der Waals surface area contributed by atoms with Gasteiger partial charge in [-0.2, -0.15) is 0 Å². The standard InChI is InChI=1S/C12H20ClN3OS/c1-4-5-16(8-12(17)15(2)3)7-11-14-10(6-13)9-18-11/h9H,4-8H2,1-3H3. The van der Waals surface area contributed by atoms with Crippen molar-refractivity contribution in [2.24, 2.45) is 0 Å². The Kier molecular flexibility index (Phi) is 6.60. The van der Waals surface area contributed by atoms with Gasteiger partial charge in [0.05, 0.1) is 24.7 Å². The molecule has 0 radical (unpaired) electrons. The van der Waals surface area contributed by atoms with Crippen LogP contribution >= 0.6 is 22.9 Å². The monoisotopic (exact) mass is 289 g/mol. The third-order valence-corrected chi connectivity index (χ3v) is 3.65. The SMILES string of the molecule is CCCN(CC(=O)N(C)C)Cc1nc(CCl)cs1. The molecular weight excluding hydrogens is 270 g/mol. The van der Waals surface area contributed by atoms with E-state index in [0.29, 0.717) is 12.4 Å². The van der Waals surface area contributed by atoms with Crippen LogP contribution in [0.15, 0.2) is 5.38 Å². The van der Waals surface area contributed by atoms with Gasteiger partial charge in [-0.1, -0.05) is 6.92 Å². The molecule has 1 heterocycles. The maximum Gasteiger partial charge on any atom is 0.236 e. The highest BCUT2D eigenvalue weighted by molar-refractivity contribution is 7.09. The normalized spacial score (nSPS) is 10.9. The first-order chi connectivity index (χ1) is 8.56. The molecule has 0 aromatic carbocycles. The molecule has 1 amide bonds. The molecule has 0 N–H and O–H groups in total. The molecular formula is C12H20ClN3OS. The summed E-state index contributed by atoms with van der Waals surface area (Å²) in [6, 6.07) is 0. The van der Waals surface area contributed by atoms with Crippen molar-refractivity contribution < 1.29 is 4.79 Å². The van der Waals surface area contributed by atoms with Crippen molar-refractivity contribution in [1.82, 2.24) is 14.8 Å². The lowest BCUT2D eigenvalue weighted by Crippen LogP contribution is -2.36. The Morgan fingerprint density at radius 3 is 2.72 bits per heavy atom. The second-order valence-electron chi connectivity index (χ2n) is 4.37. The summed E-state index contributed by atoms with van der Waals surface area (Å²) in [6.45, 7) is 4.17. The van der Waals surface area contributed by atoms with Gasteiger partial charge >= 0.3 is 0 Å². The fourth-order valence-electron chi connectivity index (χ4n) is 1.54. The molecule has 0 aliphatic carbocycles. The Morgan fingerprint density at radius 1 is 1.50 bits per heavy atom. The molecule has 102 valence electrons. The molecule has 0 bridgehead atoms. The van der Waals surface area contributed by atoms with Crippen LogP contribution in [0, 0.1) is 0 Å². The van der Waals surface area contributed by atoms with E-state index < -0.39 is 0 Å². The number of carbonyl (C=O) groups excluding carboxylic acids is 1. The first-order valence-electron chi connectivity index (χ1n) is 5.98. The number of hydrogen-bond donors (Lipinski definition) is 0. The van der Waals surface area contributed by atoms with Crippen LogP contribution in [0.5, 0.6) is 0 Å². The second-order valence-corrected chi connectivity index (χ2v) is 5.57. The van der Waals surface area contributed by atoms with Gasteiger partial charge in [0.15, 0.2) is 0 Å². The number of rotatable bonds is 7. The zero-order valence-corrected chi connectivity index (χ0v) is 12.7. The van der Waals surface area contributed by atoms with E-state index in [4.69, 9.17) is 11.6 Å². The first kappa shape index (κ1) is 15.4. The van der Waals surface area contributed by atoms with E-state index in [1.54, 1.807) is 30.3 Å². The molecule has 0 saturated carbocycles. The molecule has 6 heteroatoms. The summed E-state index contributed by atoms with van der Waals surface area (Å²) < 4.78 is 0. The number of hydrogen-bond acceptors (Lipinski definition) is 4. The molecule has 1 rings (SSSR count). The number of amides is 1. The van der Waals surface area contributed by atoms with Crippen LogP contribution in [-0.2, 0) is 17.2 Å². The number of likely N-dealkylation sites (N-methyl/N-ethyl adjacent to an activating group) is 1. The number of nitrogens with zero attached hydrogens (tertiary/aromatic N) is 3. The second kappa shape index (κ2) is 7.71. The van der Waals surface area contributed by atoms with Crippen molar-refractivity contribution in [2.75, 3.05) is 27.2 Å². The zero-order valence-electron chi connectivity index (χ0n) is 11.1. The van der Waals surface area contributed by atoms with Gasteiger partial charge in [0, 0.05) is 19.5 Å². The van der Waals surface area contributed by atoms with Gasteiger partial charge < -0.3 is 4.90 Å². The number of thiazole rings is 1. The Morgan fingerprint density at radius 2 is 2.22 bits per heavy atom. The molecule has 0 fully saturated rings. The van der Waals surface area contributed by atoms with Crippen LogP contribution in [0.2, 0.25) is 0 Å². The van der Waals surface area contributed by atoms with Crippen molar-refractivity contribution in [2.45, 2.75) is 25.8 Å². The van der Waals surface area contributed by atoms with Gasteiger partial charge in [-0.25, -0.2) is 4.98 Å². The van der Waals surface area contributed by atoms with Crippen molar-refractivity contribution >= 4 is 28.8 Å². The van der Waals surface area contributed by atoms with E-state index in [2.05, 4.69) is 16.8 Å². The lowest BCUT2D eigenvalue weighted by molar-refractivity contribution is -0.130. The Bertz CT molecular complexity index is 381. The van der Waals surface area contributed by atoms with Gasteiger partial charge in [0.1, 0.15) is 5.01 Å². The van der Waals surface area contributed by atoms with Crippen molar-refractivity contribution in [3.05, 3.63) is 16.1 Å². The topological polar surface area (TPSA) is 36.4 Å². The Labute approximate surface area is 118 Å². The highest BCUT2D eigenvalue weighted by Gasteiger charge is 2.13. The molecule has 0 unspecified atom stereocenters. The lowest BCUT2D eigenvalue weighted by atomic mass is 10.3. The fourth-order valence-corrected chi connectivity index (χ4v) is 2.60. The molecule has 18 heavy (non-hydrogen) atoms. The van der Waals surface area contributed by atoms with Crippen LogP contribution in [0.4, 0.5) is 0 Å². The Balaban J connectivity index is 2.59. The molecule has 4 nitrogen and oxygen atoms in total. The maximum absolute atomic E-state index is 11.7. The largest absolute Gasteiger partial charge is 0.348 e. The van der Waals surface area contributed by atoms with Gasteiger partial charge in [-0.3, -0.25) is 9.69 Å². The average Bonchev–Trinajstić information content (AvgIpc) is 2.76. The van der Waals surface area contributed by atoms with E-state index in [1.165, 1.54) is 0 Å². The van der Waals surface area contributed by atoms with Crippen LogP contribution in [0.1, 0.15) is 24.0 Å². The van der Waals surface area contributed by atoms with E-state index >= 15 is 0 Å². The number of halogens is 1. The molecule has 1 aromatic rings. The van der Waals surface area contributed by atoms with Crippen molar-refractivity contribution in [3.63, 3.8) is 0 Å². The summed E-state index contributed by atoms with van der Waals surface area (Å²) >= 11 is 7.34. The smallest absolute Gasteiger partial charge is 0.236 e. The summed E-state index contributed by atoms with van der Waals surface area (Å²) in [7, 11) is 3.56.